The first-order valence-corrected chi connectivity index (χ1v) is 7.84. The third kappa shape index (κ3) is 3.47. The zero-order valence-corrected chi connectivity index (χ0v) is 13.0. The van der Waals surface area contributed by atoms with Gasteiger partial charge in [0, 0.05) is 22.8 Å². The van der Waals surface area contributed by atoms with Gasteiger partial charge in [-0.2, -0.15) is 0 Å². The van der Waals surface area contributed by atoms with Gasteiger partial charge in [0.05, 0.1) is 5.69 Å². The third-order valence-electron chi connectivity index (χ3n) is 2.30. The van der Waals surface area contributed by atoms with Gasteiger partial charge in [0.1, 0.15) is 15.9 Å². The van der Waals surface area contributed by atoms with Crippen LogP contribution in [0.5, 0.6) is 0 Å². The van der Waals surface area contributed by atoms with Crippen LogP contribution < -0.4 is 4.72 Å². The molecule has 21 heavy (non-hydrogen) atoms. The Labute approximate surface area is 131 Å². The number of benzene rings is 1. The van der Waals surface area contributed by atoms with E-state index in [0.717, 1.165) is 6.07 Å². The molecule has 0 bridgehead atoms. The van der Waals surface area contributed by atoms with Gasteiger partial charge >= 0.3 is 0 Å². The number of rotatable bonds is 3. The fourth-order valence-electron chi connectivity index (χ4n) is 1.42. The molecular formula is C11H5BrClF3N2O2S. The standard InChI is InChI=1S/C11H5BrClF3N2O2S/c12-5-1-9(11(13)17-4-5)21(19,20)18-8-3-6(14)2-7(15)10(8)16/h1-4,18H. The predicted molar refractivity (Wildman–Crippen MR) is 74.1 cm³/mol. The Balaban J connectivity index is 2.50. The quantitative estimate of drug-likeness (QED) is 0.630. The second-order valence-corrected chi connectivity index (χ2v) is 6.72. The summed E-state index contributed by atoms with van der Waals surface area (Å²) >= 11 is 8.66. The van der Waals surface area contributed by atoms with Gasteiger partial charge in [-0.15, -0.1) is 0 Å². The molecule has 112 valence electrons. The monoisotopic (exact) mass is 400 g/mol. The molecule has 0 amide bonds. The zero-order chi connectivity index (χ0) is 15.8. The van der Waals surface area contributed by atoms with E-state index in [1.807, 2.05) is 0 Å². The van der Waals surface area contributed by atoms with Crippen LogP contribution in [0.2, 0.25) is 5.15 Å². The van der Waals surface area contributed by atoms with Crippen molar-refractivity contribution in [1.29, 1.82) is 0 Å². The summed E-state index contributed by atoms with van der Waals surface area (Å²) < 4.78 is 65.8. The molecule has 1 aromatic heterocycles. The highest BCUT2D eigenvalue weighted by Crippen LogP contribution is 2.27. The van der Waals surface area contributed by atoms with Crippen molar-refractivity contribution in [2.24, 2.45) is 0 Å². The molecule has 0 saturated heterocycles. The van der Waals surface area contributed by atoms with Gasteiger partial charge in [0.2, 0.25) is 0 Å². The van der Waals surface area contributed by atoms with Crippen molar-refractivity contribution in [2.75, 3.05) is 4.72 Å². The lowest BCUT2D eigenvalue weighted by Gasteiger charge is -2.10. The number of nitrogens with one attached hydrogen (secondary N) is 1. The molecule has 0 fully saturated rings. The molecule has 0 saturated carbocycles. The first-order valence-electron chi connectivity index (χ1n) is 5.19. The van der Waals surface area contributed by atoms with Crippen LogP contribution >= 0.6 is 27.5 Å². The average Bonchev–Trinajstić information content (AvgIpc) is 2.37. The smallest absolute Gasteiger partial charge is 0.265 e. The van der Waals surface area contributed by atoms with Crippen LogP contribution in [0.1, 0.15) is 0 Å². The van der Waals surface area contributed by atoms with Crippen LogP contribution in [-0.4, -0.2) is 13.4 Å². The fraction of sp³-hybridized carbons (Fsp3) is 0. The molecule has 1 N–H and O–H groups in total. The van der Waals surface area contributed by atoms with Crippen LogP contribution in [0.4, 0.5) is 18.9 Å². The summed E-state index contributed by atoms with van der Waals surface area (Å²) in [6.45, 7) is 0. The third-order valence-corrected chi connectivity index (χ3v) is 4.53. The van der Waals surface area contributed by atoms with Crippen molar-refractivity contribution >= 4 is 43.2 Å². The average molecular weight is 402 g/mol. The summed E-state index contributed by atoms with van der Waals surface area (Å²) in [5, 5.41) is -0.372. The van der Waals surface area contributed by atoms with Gasteiger partial charge in [-0.1, -0.05) is 11.6 Å². The van der Waals surface area contributed by atoms with E-state index in [1.54, 1.807) is 4.72 Å². The maximum Gasteiger partial charge on any atom is 0.265 e. The van der Waals surface area contributed by atoms with Gasteiger partial charge in [0.15, 0.2) is 11.6 Å². The van der Waals surface area contributed by atoms with Crippen LogP contribution in [0, 0.1) is 17.5 Å². The van der Waals surface area contributed by atoms with Crippen molar-refractivity contribution < 1.29 is 21.6 Å². The number of anilines is 1. The minimum absolute atomic E-state index is 0.292. The van der Waals surface area contributed by atoms with Crippen LogP contribution in [0.15, 0.2) is 33.8 Å². The molecule has 10 heteroatoms. The number of aromatic nitrogens is 1. The maximum absolute atomic E-state index is 13.5. The topological polar surface area (TPSA) is 59.1 Å². The Bertz CT molecular complexity index is 817. The number of hydrogen-bond donors (Lipinski definition) is 1. The summed E-state index contributed by atoms with van der Waals surface area (Å²) in [6.07, 6.45) is 1.25. The molecular weight excluding hydrogens is 397 g/mol. The van der Waals surface area contributed by atoms with E-state index in [0.29, 0.717) is 16.6 Å². The van der Waals surface area contributed by atoms with E-state index in [9.17, 15) is 21.6 Å². The normalized spacial score (nSPS) is 11.5. The number of sulfonamides is 1. The maximum atomic E-state index is 13.5. The molecule has 4 nitrogen and oxygen atoms in total. The van der Waals surface area contributed by atoms with Gasteiger partial charge in [-0.05, 0) is 22.0 Å². The number of pyridine rings is 1. The lowest BCUT2D eigenvalue weighted by molar-refractivity contribution is 0.498. The second-order valence-electron chi connectivity index (χ2n) is 3.80. The van der Waals surface area contributed by atoms with Crippen LogP contribution in [-0.2, 0) is 10.0 Å². The molecule has 1 aromatic carbocycles. The molecule has 0 aliphatic heterocycles. The Kier molecular flexibility index (Phi) is 4.45. The molecule has 0 atom stereocenters. The number of halogens is 5. The zero-order valence-electron chi connectivity index (χ0n) is 9.87. The summed E-state index contributed by atoms with van der Waals surface area (Å²) in [7, 11) is -4.37. The van der Waals surface area contributed by atoms with E-state index in [4.69, 9.17) is 11.6 Å². The predicted octanol–water partition coefficient (Wildman–Crippen LogP) is 3.72. The van der Waals surface area contributed by atoms with Gasteiger partial charge in [-0.3, -0.25) is 4.72 Å². The minimum Gasteiger partial charge on any atom is -0.276 e. The van der Waals surface area contributed by atoms with E-state index >= 15 is 0 Å². The van der Waals surface area contributed by atoms with Crippen molar-refractivity contribution in [2.45, 2.75) is 4.90 Å². The van der Waals surface area contributed by atoms with Crippen LogP contribution in [0.3, 0.4) is 0 Å². The molecule has 2 rings (SSSR count). The van der Waals surface area contributed by atoms with E-state index in [1.165, 1.54) is 6.20 Å². The van der Waals surface area contributed by atoms with E-state index < -0.39 is 38.1 Å². The Morgan fingerprint density at radius 2 is 1.86 bits per heavy atom. The van der Waals surface area contributed by atoms with Gasteiger partial charge in [0.25, 0.3) is 10.0 Å². The van der Waals surface area contributed by atoms with Gasteiger partial charge in [-0.25, -0.2) is 26.6 Å². The highest BCUT2D eigenvalue weighted by Gasteiger charge is 2.22. The number of nitrogens with zero attached hydrogens (tertiary/aromatic N) is 1. The van der Waals surface area contributed by atoms with Crippen molar-refractivity contribution in [3.8, 4) is 0 Å². The molecule has 1 heterocycles. The van der Waals surface area contributed by atoms with Crippen molar-refractivity contribution in [1.82, 2.24) is 4.98 Å². The van der Waals surface area contributed by atoms with Crippen molar-refractivity contribution in [3.05, 3.63) is 51.5 Å². The second kappa shape index (κ2) is 5.82. The number of hydrogen-bond acceptors (Lipinski definition) is 3. The summed E-state index contributed by atoms with van der Waals surface area (Å²) in [5.74, 6) is -4.18. The van der Waals surface area contributed by atoms with Gasteiger partial charge < -0.3 is 0 Å². The first kappa shape index (κ1) is 16.1. The van der Waals surface area contributed by atoms with Crippen molar-refractivity contribution in [3.63, 3.8) is 0 Å². The molecule has 0 aliphatic carbocycles. The minimum atomic E-state index is -4.37. The molecule has 0 spiro atoms. The largest absolute Gasteiger partial charge is 0.276 e. The lowest BCUT2D eigenvalue weighted by atomic mass is 10.3. The summed E-state index contributed by atoms with van der Waals surface area (Å²) in [5.41, 5.74) is -0.872. The molecule has 0 radical (unpaired) electrons. The van der Waals surface area contributed by atoms with E-state index in [-0.39, 0.29) is 5.15 Å². The highest BCUT2D eigenvalue weighted by molar-refractivity contribution is 9.10. The highest BCUT2D eigenvalue weighted by atomic mass is 79.9. The fourth-order valence-corrected chi connectivity index (χ4v) is 3.42. The SMILES string of the molecule is O=S(=O)(Nc1cc(F)cc(F)c1F)c1cc(Br)cnc1Cl. The van der Waals surface area contributed by atoms with E-state index in [2.05, 4.69) is 20.9 Å². The Morgan fingerprint density at radius 3 is 2.52 bits per heavy atom. The molecule has 0 unspecified atom stereocenters. The summed E-state index contributed by atoms with van der Waals surface area (Å²) in [4.78, 5) is 3.13. The molecule has 2 aromatic rings. The Morgan fingerprint density at radius 1 is 1.19 bits per heavy atom. The summed E-state index contributed by atoms with van der Waals surface area (Å²) in [6, 6.07) is 1.92. The lowest BCUT2D eigenvalue weighted by Crippen LogP contribution is -2.15. The molecule has 0 aliphatic rings. The first-order chi connectivity index (χ1) is 9.70. The van der Waals surface area contributed by atoms with Crippen LogP contribution in [0.25, 0.3) is 0 Å². The Hall–Kier alpha value is -1.32.